The van der Waals surface area contributed by atoms with E-state index in [2.05, 4.69) is 11.4 Å². The predicted molar refractivity (Wildman–Crippen MR) is 123 cm³/mol. The van der Waals surface area contributed by atoms with E-state index in [1.54, 1.807) is 23.1 Å². The summed E-state index contributed by atoms with van der Waals surface area (Å²) in [5.41, 5.74) is 1.09. The van der Waals surface area contributed by atoms with Gasteiger partial charge < -0.3 is 24.4 Å². The second-order valence-corrected chi connectivity index (χ2v) is 8.72. The Labute approximate surface area is 189 Å². The lowest BCUT2D eigenvalue weighted by atomic mass is 10.1. The number of hydrogen-bond donors (Lipinski definition) is 1. The molecule has 1 amide bonds. The molecule has 7 nitrogen and oxygen atoms in total. The molecule has 0 unspecified atom stereocenters. The molecule has 0 aromatic heterocycles. The van der Waals surface area contributed by atoms with Crippen LogP contribution in [0.5, 0.6) is 11.5 Å². The summed E-state index contributed by atoms with van der Waals surface area (Å²) in [7, 11) is 0. The quantitative estimate of drug-likeness (QED) is 0.625. The third-order valence-electron chi connectivity index (χ3n) is 4.91. The van der Waals surface area contributed by atoms with Crippen LogP contribution in [0.3, 0.4) is 0 Å². The topological polar surface area (TPSA) is 83.8 Å². The van der Waals surface area contributed by atoms with Gasteiger partial charge in [-0.1, -0.05) is 6.07 Å². The second kappa shape index (κ2) is 10.8. The zero-order valence-corrected chi connectivity index (χ0v) is 19.0. The van der Waals surface area contributed by atoms with Gasteiger partial charge in [-0.15, -0.1) is 0 Å². The number of carbonyl (C=O) groups is 1. The molecule has 0 saturated carbocycles. The Hall–Kier alpha value is -3.40. The summed E-state index contributed by atoms with van der Waals surface area (Å²) in [5, 5.41) is 12.2. The fourth-order valence-electron chi connectivity index (χ4n) is 3.35. The van der Waals surface area contributed by atoms with Crippen LogP contribution in [0, 0.1) is 11.3 Å². The first kappa shape index (κ1) is 23.3. The Kier molecular flexibility index (Phi) is 7.82. The van der Waals surface area contributed by atoms with Crippen molar-refractivity contribution >= 4 is 11.8 Å². The standard InChI is InChI=1S/C25H31N3O4/c1-25(2,3)32-24(29)28-14-11-22(12-15-28)31-21-9-7-20(8-10-21)27-13-16-30-23-6-4-5-19(17-23)18-26/h4-10,17,22,27H,11-16H2,1-3H3. The third kappa shape index (κ3) is 7.38. The van der Waals surface area contributed by atoms with Gasteiger partial charge in [0.15, 0.2) is 0 Å². The van der Waals surface area contributed by atoms with Gasteiger partial charge in [-0.05, 0) is 63.2 Å². The first-order valence-corrected chi connectivity index (χ1v) is 10.9. The normalized spacial score (nSPS) is 14.4. The maximum absolute atomic E-state index is 12.2. The minimum Gasteiger partial charge on any atom is -0.492 e. The molecule has 1 fully saturated rings. The number of nitrogens with zero attached hydrogens (tertiary/aromatic N) is 2. The maximum Gasteiger partial charge on any atom is 0.410 e. The van der Waals surface area contributed by atoms with Crippen LogP contribution in [-0.4, -0.2) is 48.9 Å². The average molecular weight is 438 g/mol. The molecule has 0 spiro atoms. The number of piperidine rings is 1. The molecule has 0 aliphatic carbocycles. The second-order valence-electron chi connectivity index (χ2n) is 8.72. The SMILES string of the molecule is CC(C)(C)OC(=O)N1CCC(Oc2ccc(NCCOc3cccc(C#N)c3)cc2)CC1. The van der Waals surface area contributed by atoms with E-state index in [0.717, 1.165) is 24.3 Å². The average Bonchev–Trinajstić information content (AvgIpc) is 2.77. The van der Waals surface area contributed by atoms with Crippen molar-refractivity contribution in [2.75, 3.05) is 31.6 Å². The van der Waals surface area contributed by atoms with Crippen molar-refractivity contribution in [3.05, 3.63) is 54.1 Å². The molecule has 7 heteroatoms. The minimum absolute atomic E-state index is 0.0880. The largest absolute Gasteiger partial charge is 0.492 e. The van der Waals surface area contributed by atoms with E-state index in [0.29, 0.717) is 37.6 Å². The van der Waals surface area contributed by atoms with E-state index >= 15 is 0 Å². The zero-order chi connectivity index (χ0) is 23.0. The molecule has 2 aromatic rings. The summed E-state index contributed by atoms with van der Waals surface area (Å²) < 4.78 is 17.2. The summed E-state index contributed by atoms with van der Waals surface area (Å²) in [5.74, 6) is 1.50. The highest BCUT2D eigenvalue weighted by molar-refractivity contribution is 5.68. The number of hydrogen-bond acceptors (Lipinski definition) is 6. The van der Waals surface area contributed by atoms with Gasteiger partial charge in [-0.3, -0.25) is 0 Å². The summed E-state index contributed by atoms with van der Waals surface area (Å²) in [6.07, 6.45) is 1.39. The molecule has 1 aliphatic heterocycles. The number of nitrogens with one attached hydrogen (secondary N) is 1. The van der Waals surface area contributed by atoms with E-state index in [-0.39, 0.29) is 12.2 Å². The highest BCUT2D eigenvalue weighted by atomic mass is 16.6. The van der Waals surface area contributed by atoms with Crippen molar-refractivity contribution in [2.24, 2.45) is 0 Å². The monoisotopic (exact) mass is 437 g/mol. The van der Waals surface area contributed by atoms with Crippen molar-refractivity contribution in [3.63, 3.8) is 0 Å². The third-order valence-corrected chi connectivity index (χ3v) is 4.91. The van der Waals surface area contributed by atoms with Gasteiger partial charge >= 0.3 is 6.09 Å². The maximum atomic E-state index is 12.2. The summed E-state index contributed by atoms with van der Waals surface area (Å²) in [4.78, 5) is 13.9. The molecule has 1 saturated heterocycles. The number of amides is 1. The van der Waals surface area contributed by atoms with Crippen molar-refractivity contribution in [1.82, 2.24) is 4.90 Å². The van der Waals surface area contributed by atoms with Gasteiger partial charge in [0.05, 0.1) is 11.6 Å². The van der Waals surface area contributed by atoms with Gasteiger partial charge in [0.2, 0.25) is 0 Å². The van der Waals surface area contributed by atoms with Crippen LogP contribution in [-0.2, 0) is 4.74 Å². The van der Waals surface area contributed by atoms with E-state index in [9.17, 15) is 4.79 Å². The van der Waals surface area contributed by atoms with E-state index in [1.165, 1.54) is 0 Å². The predicted octanol–water partition coefficient (Wildman–Crippen LogP) is 4.83. The van der Waals surface area contributed by atoms with Crippen molar-refractivity contribution in [2.45, 2.75) is 45.3 Å². The molecule has 32 heavy (non-hydrogen) atoms. The number of likely N-dealkylation sites (tertiary alicyclic amines) is 1. The molecule has 2 aromatic carbocycles. The van der Waals surface area contributed by atoms with Gasteiger partial charge in [0.1, 0.15) is 29.8 Å². The molecule has 1 N–H and O–H groups in total. The molecular weight excluding hydrogens is 406 g/mol. The Balaban J connectivity index is 1.37. The van der Waals surface area contributed by atoms with Gasteiger partial charge in [-0.25, -0.2) is 4.79 Å². The molecule has 3 rings (SSSR count). The first-order chi connectivity index (χ1) is 15.3. The summed E-state index contributed by atoms with van der Waals surface area (Å²) >= 11 is 0. The molecule has 1 heterocycles. The van der Waals surface area contributed by atoms with Crippen LogP contribution in [0.25, 0.3) is 0 Å². The summed E-state index contributed by atoms with van der Waals surface area (Å²) in [6, 6.07) is 17.1. The smallest absolute Gasteiger partial charge is 0.410 e. The number of carbonyl (C=O) groups excluding carboxylic acids is 1. The Morgan fingerprint density at radius 2 is 1.84 bits per heavy atom. The van der Waals surface area contributed by atoms with E-state index in [4.69, 9.17) is 19.5 Å². The van der Waals surface area contributed by atoms with Gasteiger partial charge in [-0.2, -0.15) is 5.26 Å². The van der Waals surface area contributed by atoms with E-state index < -0.39 is 5.60 Å². The lowest BCUT2D eigenvalue weighted by molar-refractivity contribution is 0.0126. The van der Waals surface area contributed by atoms with Gasteiger partial charge in [0.25, 0.3) is 0 Å². The number of benzene rings is 2. The van der Waals surface area contributed by atoms with Crippen LogP contribution < -0.4 is 14.8 Å². The highest BCUT2D eigenvalue weighted by Gasteiger charge is 2.27. The fraction of sp³-hybridized carbons (Fsp3) is 0.440. The van der Waals surface area contributed by atoms with Crippen LogP contribution in [0.4, 0.5) is 10.5 Å². The van der Waals surface area contributed by atoms with Crippen LogP contribution in [0.15, 0.2) is 48.5 Å². The van der Waals surface area contributed by atoms with Crippen molar-refractivity contribution in [3.8, 4) is 17.6 Å². The van der Waals surface area contributed by atoms with Crippen LogP contribution >= 0.6 is 0 Å². The highest BCUT2D eigenvalue weighted by Crippen LogP contribution is 2.22. The number of ether oxygens (including phenoxy) is 3. The molecule has 1 aliphatic rings. The zero-order valence-electron chi connectivity index (χ0n) is 19.0. The Morgan fingerprint density at radius 1 is 1.12 bits per heavy atom. The van der Waals surface area contributed by atoms with E-state index in [1.807, 2.05) is 51.1 Å². The lowest BCUT2D eigenvalue weighted by Crippen LogP contribution is -2.44. The Morgan fingerprint density at radius 3 is 2.50 bits per heavy atom. The Bertz CT molecular complexity index is 923. The molecule has 0 bridgehead atoms. The number of nitriles is 1. The van der Waals surface area contributed by atoms with Crippen molar-refractivity contribution < 1.29 is 19.0 Å². The van der Waals surface area contributed by atoms with Crippen LogP contribution in [0.2, 0.25) is 0 Å². The van der Waals surface area contributed by atoms with Gasteiger partial charge in [0, 0.05) is 38.2 Å². The molecular formula is C25H31N3O4. The first-order valence-electron chi connectivity index (χ1n) is 10.9. The minimum atomic E-state index is -0.477. The number of rotatable bonds is 7. The van der Waals surface area contributed by atoms with Crippen LogP contribution in [0.1, 0.15) is 39.2 Å². The van der Waals surface area contributed by atoms with Crippen molar-refractivity contribution in [1.29, 1.82) is 5.26 Å². The molecule has 170 valence electrons. The fourth-order valence-corrected chi connectivity index (χ4v) is 3.35. The molecule has 0 atom stereocenters. The summed E-state index contributed by atoms with van der Waals surface area (Å²) in [6.45, 7) is 8.03. The lowest BCUT2D eigenvalue weighted by Gasteiger charge is -2.33. The number of anilines is 1. The molecule has 0 radical (unpaired) electrons.